The topological polar surface area (TPSA) is 63.3 Å². The van der Waals surface area contributed by atoms with Crippen LogP contribution in [0.15, 0.2) is 17.0 Å². The van der Waals surface area contributed by atoms with Gasteiger partial charge in [0.05, 0.1) is 5.56 Å². The normalized spacial score (nSPS) is 10.0. The molecule has 0 saturated heterocycles. The Morgan fingerprint density at radius 2 is 2.23 bits per heavy atom. The van der Waals surface area contributed by atoms with Crippen LogP contribution in [0.5, 0.6) is 0 Å². The maximum Gasteiger partial charge on any atom is 0.337 e. The van der Waals surface area contributed by atoms with E-state index in [0.29, 0.717) is 0 Å². The summed E-state index contributed by atoms with van der Waals surface area (Å²) in [6.45, 7) is 0. The van der Waals surface area contributed by atoms with Crippen molar-refractivity contribution in [3.05, 3.63) is 23.5 Å². The van der Waals surface area contributed by atoms with Gasteiger partial charge in [-0.15, -0.1) is 11.8 Å². The molecule has 0 spiro atoms. The highest BCUT2D eigenvalue weighted by atomic mass is 32.2. The van der Waals surface area contributed by atoms with Crippen LogP contribution in [0.4, 0.5) is 10.1 Å². The molecule has 0 fully saturated rings. The van der Waals surface area contributed by atoms with Gasteiger partial charge in [-0.2, -0.15) is 0 Å². The fourth-order valence-corrected chi connectivity index (χ4v) is 1.40. The zero-order chi connectivity index (χ0) is 10.0. The third-order valence-corrected chi connectivity index (χ3v) is 2.31. The molecule has 13 heavy (non-hydrogen) atoms. The first-order chi connectivity index (χ1) is 6.06. The van der Waals surface area contributed by atoms with Crippen molar-refractivity contribution in [3.8, 4) is 0 Å². The van der Waals surface area contributed by atoms with Crippen LogP contribution in [0.3, 0.4) is 0 Å². The molecule has 0 aromatic heterocycles. The quantitative estimate of drug-likeness (QED) is 0.566. The maximum atomic E-state index is 13.0. The van der Waals surface area contributed by atoms with E-state index in [1.165, 1.54) is 6.07 Å². The van der Waals surface area contributed by atoms with Crippen LogP contribution in [0, 0.1) is 5.82 Å². The Morgan fingerprint density at radius 3 is 2.69 bits per heavy atom. The Hall–Kier alpha value is -1.23. The molecule has 1 rings (SSSR count). The second kappa shape index (κ2) is 3.66. The van der Waals surface area contributed by atoms with Gasteiger partial charge in [0, 0.05) is 10.6 Å². The van der Waals surface area contributed by atoms with Crippen molar-refractivity contribution in [1.82, 2.24) is 0 Å². The molecule has 0 amide bonds. The van der Waals surface area contributed by atoms with Gasteiger partial charge in [-0.25, -0.2) is 9.18 Å². The third-order valence-electron chi connectivity index (χ3n) is 1.55. The predicted octanol–water partition coefficient (Wildman–Crippen LogP) is 1.83. The molecule has 0 radical (unpaired) electrons. The van der Waals surface area contributed by atoms with E-state index >= 15 is 0 Å². The number of anilines is 1. The predicted molar refractivity (Wildman–Crippen MR) is 49.6 cm³/mol. The lowest BCUT2D eigenvalue weighted by atomic mass is 10.2. The van der Waals surface area contributed by atoms with Gasteiger partial charge in [-0.1, -0.05) is 0 Å². The molecule has 3 nitrogen and oxygen atoms in total. The van der Waals surface area contributed by atoms with Crippen LogP contribution in [0.25, 0.3) is 0 Å². The second-order valence-corrected chi connectivity index (χ2v) is 3.23. The van der Waals surface area contributed by atoms with E-state index in [1.807, 2.05) is 0 Å². The first-order valence-corrected chi connectivity index (χ1v) is 4.65. The Labute approximate surface area is 78.7 Å². The van der Waals surface area contributed by atoms with E-state index in [2.05, 4.69) is 0 Å². The number of benzene rings is 1. The molecule has 0 atom stereocenters. The maximum absolute atomic E-state index is 13.0. The van der Waals surface area contributed by atoms with Crippen molar-refractivity contribution in [1.29, 1.82) is 0 Å². The third kappa shape index (κ3) is 1.92. The Bertz CT molecular complexity index is 354. The van der Waals surface area contributed by atoms with Crippen LogP contribution < -0.4 is 5.73 Å². The number of aromatic carboxylic acids is 1. The van der Waals surface area contributed by atoms with Gasteiger partial charge in [0.2, 0.25) is 0 Å². The summed E-state index contributed by atoms with van der Waals surface area (Å²) in [6, 6.07) is 2.26. The number of rotatable bonds is 2. The standard InChI is InChI=1S/C8H8FNO2S/c1-13-7-2-4(8(11)12)6(10)3-5(7)9/h2-3H,10H2,1H3,(H,11,12). The summed E-state index contributed by atoms with van der Waals surface area (Å²) >= 11 is 1.14. The molecule has 1 aromatic rings. The minimum absolute atomic E-state index is 0.0530. The van der Waals surface area contributed by atoms with Gasteiger partial charge < -0.3 is 10.8 Å². The number of nitrogen functional groups attached to an aromatic ring is 1. The molecule has 1 aromatic carbocycles. The highest BCUT2D eigenvalue weighted by Crippen LogP contribution is 2.24. The highest BCUT2D eigenvalue weighted by Gasteiger charge is 2.12. The zero-order valence-electron chi connectivity index (χ0n) is 6.87. The summed E-state index contributed by atoms with van der Waals surface area (Å²) in [4.78, 5) is 10.9. The number of carbonyl (C=O) groups is 1. The fraction of sp³-hybridized carbons (Fsp3) is 0.125. The molecule has 0 unspecified atom stereocenters. The Balaban J connectivity index is 3.30. The van der Waals surface area contributed by atoms with E-state index < -0.39 is 11.8 Å². The van der Waals surface area contributed by atoms with Crippen LogP contribution in [0.1, 0.15) is 10.4 Å². The average molecular weight is 201 g/mol. The largest absolute Gasteiger partial charge is 0.478 e. The number of nitrogens with two attached hydrogens (primary N) is 1. The van der Waals surface area contributed by atoms with Gasteiger partial charge in [0.15, 0.2) is 0 Å². The van der Waals surface area contributed by atoms with E-state index in [4.69, 9.17) is 10.8 Å². The molecule has 0 bridgehead atoms. The van der Waals surface area contributed by atoms with Crippen molar-refractivity contribution in [3.63, 3.8) is 0 Å². The zero-order valence-corrected chi connectivity index (χ0v) is 7.69. The van der Waals surface area contributed by atoms with E-state index in [0.717, 1.165) is 17.8 Å². The summed E-state index contributed by atoms with van der Waals surface area (Å²) < 4.78 is 13.0. The summed E-state index contributed by atoms with van der Waals surface area (Å²) in [5, 5.41) is 8.66. The summed E-state index contributed by atoms with van der Waals surface area (Å²) in [5.41, 5.74) is 5.20. The van der Waals surface area contributed by atoms with Crippen LogP contribution >= 0.6 is 11.8 Å². The molecule has 70 valence electrons. The van der Waals surface area contributed by atoms with Gasteiger partial charge in [-0.05, 0) is 18.4 Å². The fourth-order valence-electron chi connectivity index (χ4n) is 0.910. The first-order valence-electron chi connectivity index (χ1n) is 3.42. The number of thioether (sulfide) groups is 1. The van der Waals surface area contributed by atoms with Crippen molar-refractivity contribution in [2.45, 2.75) is 4.90 Å². The minimum Gasteiger partial charge on any atom is -0.478 e. The van der Waals surface area contributed by atoms with Gasteiger partial charge in [-0.3, -0.25) is 0 Å². The smallest absolute Gasteiger partial charge is 0.337 e. The molecule has 0 heterocycles. The van der Waals surface area contributed by atoms with Crippen molar-refractivity contribution < 1.29 is 14.3 Å². The SMILES string of the molecule is CSc1cc(C(=O)O)c(N)cc1F. The van der Waals surface area contributed by atoms with Crippen molar-refractivity contribution in [2.75, 3.05) is 12.0 Å². The number of halogens is 1. The second-order valence-electron chi connectivity index (χ2n) is 2.38. The highest BCUT2D eigenvalue weighted by molar-refractivity contribution is 7.98. The van der Waals surface area contributed by atoms with Gasteiger partial charge >= 0.3 is 5.97 Å². The molecule has 0 aliphatic heterocycles. The summed E-state index contributed by atoms with van der Waals surface area (Å²) in [7, 11) is 0. The lowest BCUT2D eigenvalue weighted by Gasteiger charge is -2.04. The van der Waals surface area contributed by atoms with Gasteiger partial charge in [0.25, 0.3) is 0 Å². The number of hydrogen-bond donors (Lipinski definition) is 2. The number of hydrogen-bond acceptors (Lipinski definition) is 3. The van der Waals surface area contributed by atoms with E-state index in [1.54, 1.807) is 6.26 Å². The Kier molecular flexibility index (Phi) is 2.77. The molecule has 0 aliphatic rings. The summed E-state index contributed by atoms with van der Waals surface area (Å²) in [6.07, 6.45) is 1.67. The molecule has 0 saturated carbocycles. The lowest BCUT2D eigenvalue weighted by Crippen LogP contribution is -2.03. The average Bonchev–Trinajstić information content (AvgIpc) is 2.03. The molecular weight excluding hydrogens is 193 g/mol. The first kappa shape index (κ1) is 9.85. The van der Waals surface area contributed by atoms with Crippen LogP contribution in [-0.2, 0) is 0 Å². The van der Waals surface area contributed by atoms with Crippen LogP contribution in [0.2, 0.25) is 0 Å². The molecule has 3 N–H and O–H groups in total. The van der Waals surface area contributed by atoms with E-state index in [-0.39, 0.29) is 16.1 Å². The summed E-state index contributed by atoms with van der Waals surface area (Å²) in [5.74, 6) is -1.64. The number of carboxylic acids is 1. The minimum atomic E-state index is -1.15. The lowest BCUT2D eigenvalue weighted by molar-refractivity contribution is 0.0697. The monoisotopic (exact) mass is 201 g/mol. The Morgan fingerprint density at radius 1 is 1.62 bits per heavy atom. The van der Waals surface area contributed by atoms with Crippen molar-refractivity contribution in [2.24, 2.45) is 0 Å². The molecule has 5 heteroatoms. The molecular formula is C8H8FNO2S. The van der Waals surface area contributed by atoms with Crippen molar-refractivity contribution >= 4 is 23.4 Å². The van der Waals surface area contributed by atoms with Crippen LogP contribution in [-0.4, -0.2) is 17.3 Å². The van der Waals surface area contributed by atoms with E-state index in [9.17, 15) is 9.18 Å². The number of carboxylic acid groups (broad SMARTS) is 1. The van der Waals surface area contributed by atoms with Gasteiger partial charge in [0.1, 0.15) is 5.82 Å². The molecule has 0 aliphatic carbocycles.